The summed E-state index contributed by atoms with van der Waals surface area (Å²) in [6.45, 7) is 2.63. The molecule has 2 rings (SSSR count). The molecular formula is C15H15N3OS. The second kappa shape index (κ2) is 6.85. The first-order valence-electron chi connectivity index (χ1n) is 6.18. The molecule has 0 aliphatic heterocycles. The Morgan fingerprint density at radius 2 is 2.25 bits per heavy atom. The molecule has 1 heterocycles. The number of carbonyl (C=O) groups is 1. The van der Waals surface area contributed by atoms with Gasteiger partial charge in [0.25, 0.3) is 5.91 Å². The maximum atomic E-state index is 12.2. The highest BCUT2D eigenvalue weighted by Gasteiger charge is 2.09. The Morgan fingerprint density at radius 1 is 1.45 bits per heavy atom. The van der Waals surface area contributed by atoms with Crippen molar-refractivity contribution in [2.24, 2.45) is 5.73 Å². The fourth-order valence-electron chi connectivity index (χ4n) is 1.67. The number of hydrogen-bond acceptors (Lipinski definition) is 4. The van der Waals surface area contributed by atoms with Crippen LogP contribution >= 0.6 is 11.3 Å². The number of nitrogens with two attached hydrogens (primary N) is 1. The van der Waals surface area contributed by atoms with Crippen molar-refractivity contribution in [3.63, 3.8) is 0 Å². The summed E-state index contributed by atoms with van der Waals surface area (Å²) in [5, 5.41) is 5.71. The van der Waals surface area contributed by atoms with Crippen LogP contribution in [0.1, 0.15) is 26.6 Å². The molecule has 4 nitrogen and oxygen atoms in total. The molecule has 0 saturated carbocycles. The Bertz CT molecular complexity index is 667. The number of thiazole rings is 1. The second-order valence-corrected chi connectivity index (χ2v) is 5.06. The Labute approximate surface area is 122 Å². The number of hydrogen-bond donors (Lipinski definition) is 2. The molecule has 3 N–H and O–H groups in total. The van der Waals surface area contributed by atoms with Gasteiger partial charge >= 0.3 is 0 Å². The quantitative estimate of drug-likeness (QED) is 0.843. The lowest BCUT2D eigenvalue weighted by atomic mass is 10.1. The van der Waals surface area contributed by atoms with E-state index in [-0.39, 0.29) is 12.5 Å². The highest BCUT2D eigenvalue weighted by Crippen LogP contribution is 2.10. The number of aromatic nitrogens is 1. The number of amides is 1. The summed E-state index contributed by atoms with van der Waals surface area (Å²) in [7, 11) is 0. The topological polar surface area (TPSA) is 68.0 Å². The molecule has 0 bridgehead atoms. The van der Waals surface area contributed by atoms with Crippen LogP contribution in [0.5, 0.6) is 0 Å². The van der Waals surface area contributed by atoms with Crippen LogP contribution < -0.4 is 11.1 Å². The normalized spacial score (nSPS) is 9.70. The molecule has 0 spiro atoms. The van der Waals surface area contributed by atoms with Crippen LogP contribution in [0, 0.1) is 18.8 Å². The Balaban J connectivity index is 2.09. The number of rotatable bonds is 3. The highest BCUT2D eigenvalue weighted by molar-refractivity contribution is 7.09. The van der Waals surface area contributed by atoms with Gasteiger partial charge in [0.1, 0.15) is 5.01 Å². The zero-order valence-corrected chi connectivity index (χ0v) is 12.0. The van der Waals surface area contributed by atoms with Crippen LogP contribution in [0.4, 0.5) is 0 Å². The summed E-state index contributed by atoms with van der Waals surface area (Å²) in [4.78, 5) is 16.5. The monoisotopic (exact) mass is 285 g/mol. The minimum atomic E-state index is -0.153. The predicted molar refractivity (Wildman–Crippen MR) is 80.4 cm³/mol. The first-order chi connectivity index (χ1) is 9.70. The summed E-state index contributed by atoms with van der Waals surface area (Å²) in [5.74, 6) is 5.52. The van der Waals surface area contributed by atoms with Crippen LogP contribution in [-0.2, 0) is 6.54 Å². The van der Waals surface area contributed by atoms with Crippen LogP contribution in [-0.4, -0.2) is 17.4 Å². The summed E-state index contributed by atoms with van der Waals surface area (Å²) >= 11 is 1.53. The molecule has 0 aliphatic carbocycles. The van der Waals surface area contributed by atoms with Gasteiger partial charge in [-0.1, -0.05) is 24.0 Å². The standard InChI is InChI=1S/C15H15N3OS/c1-11-10-20-14(18-11)9-17-15(19)13-7-3-2-5-12(13)6-4-8-16/h2-3,5,7,10H,8-9,16H2,1H3,(H,17,19). The van der Waals surface area contributed by atoms with E-state index in [2.05, 4.69) is 22.1 Å². The number of carbonyl (C=O) groups excluding carboxylic acids is 1. The van der Waals surface area contributed by atoms with Crippen LogP contribution in [0.15, 0.2) is 29.6 Å². The predicted octanol–water partition coefficient (Wildman–Crippen LogP) is 1.69. The second-order valence-electron chi connectivity index (χ2n) is 4.12. The van der Waals surface area contributed by atoms with Gasteiger partial charge in [-0.2, -0.15) is 0 Å². The average Bonchev–Trinajstić information content (AvgIpc) is 2.88. The molecule has 0 atom stereocenters. The molecule has 1 amide bonds. The number of nitrogens with zero attached hydrogens (tertiary/aromatic N) is 1. The lowest BCUT2D eigenvalue weighted by Crippen LogP contribution is -2.23. The van der Waals surface area contributed by atoms with Gasteiger partial charge < -0.3 is 11.1 Å². The van der Waals surface area contributed by atoms with Crippen molar-refractivity contribution in [3.8, 4) is 11.8 Å². The van der Waals surface area contributed by atoms with Crippen molar-refractivity contribution in [3.05, 3.63) is 51.5 Å². The van der Waals surface area contributed by atoms with Crippen LogP contribution in [0.25, 0.3) is 0 Å². The number of benzene rings is 1. The third-order valence-corrected chi connectivity index (χ3v) is 3.53. The molecule has 2 aromatic rings. The van der Waals surface area contributed by atoms with E-state index in [0.717, 1.165) is 10.7 Å². The van der Waals surface area contributed by atoms with Gasteiger partial charge in [-0.05, 0) is 19.1 Å². The molecule has 0 radical (unpaired) electrons. The number of aryl methyl sites for hydroxylation is 1. The van der Waals surface area contributed by atoms with E-state index in [1.165, 1.54) is 11.3 Å². The first-order valence-corrected chi connectivity index (χ1v) is 7.06. The molecule has 20 heavy (non-hydrogen) atoms. The fraction of sp³-hybridized carbons (Fsp3) is 0.200. The zero-order chi connectivity index (χ0) is 14.4. The Kier molecular flexibility index (Phi) is 4.88. The van der Waals surface area contributed by atoms with Crippen molar-refractivity contribution in [1.82, 2.24) is 10.3 Å². The first kappa shape index (κ1) is 14.3. The molecule has 0 saturated heterocycles. The zero-order valence-electron chi connectivity index (χ0n) is 11.1. The van der Waals surface area contributed by atoms with E-state index in [1.807, 2.05) is 30.5 Å². The lowest BCUT2D eigenvalue weighted by molar-refractivity contribution is 0.0950. The van der Waals surface area contributed by atoms with E-state index >= 15 is 0 Å². The van der Waals surface area contributed by atoms with Gasteiger partial charge in [0, 0.05) is 16.6 Å². The van der Waals surface area contributed by atoms with Crippen molar-refractivity contribution < 1.29 is 4.79 Å². The van der Waals surface area contributed by atoms with Gasteiger partial charge in [0.2, 0.25) is 0 Å². The molecular weight excluding hydrogens is 270 g/mol. The Morgan fingerprint density at radius 3 is 2.95 bits per heavy atom. The van der Waals surface area contributed by atoms with Gasteiger partial charge in [0.05, 0.1) is 18.7 Å². The van der Waals surface area contributed by atoms with Crippen LogP contribution in [0.3, 0.4) is 0 Å². The maximum absolute atomic E-state index is 12.2. The third kappa shape index (κ3) is 3.67. The Hall–Kier alpha value is -2.16. The lowest BCUT2D eigenvalue weighted by Gasteiger charge is -2.05. The van der Waals surface area contributed by atoms with E-state index in [9.17, 15) is 4.79 Å². The summed E-state index contributed by atoms with van der Waals surface area (Å²) < 4.78 is 0. The fourth-order valence-corrected chi connectivity index (χ4v) is 2.38. The number of nitrogens with one attached hydrogen (secondary N) is 1. The average molecular weight is 285 g/mol. The van der Waals surface area contributed by atoms with Gasteiger partial charge in [-0.3, -0.25) is 4.79 Å². The van der Waals surface area contributed by atoms with E-state index < -0.39 is 0 Å². The van der Waals surface area contributed by atoms with Gasteiger partial charge in [-0.25, -0.2) is 4.98 Å². The van der Waals surface area contributed by atoms with Crippen molar-refractivity contribution in [2.45, 2.75) is 13.5 Å². The minimum absolute atomic E-state index is 0.153. The smallest absolute Gasteiger partial charge is 0.252 e. The summed E-state index contributed by atoms with van der Waals surface area (Å²) in [6.07, 6.45) is 0. The molecule has 1 aromatic carbocycles. The molecule has 5 heteroatoms. The van der Waals surface area contributed by atoms with Crippen LogP contribution in [0.2, 0.25) is 0 Å². The largest absolute Gasteiger partial charge is 0.345 e. The van der Waals surface area contributed by atoms with Crippen molar-refractivity contribution in [1.29, 1.82) is 0 Å². The molecule has 1 aromatic heterocycles. The van der Waals surface area contributed by atoms with E-state index in [1.54, 1.807) is 6.07 Å². The molecule has 102 valence electrons. The van der Waals surface area contributed by atoms with E-state index in [0.29, 0.717) is 17.7 Å². The maximum Gasteiger partial charge on any atom is 0.252 e. The summed E-state index contributed by atoms with van der Waals surface area (Å²) in [6, 6.07) is 7.23. The molecule has 0 aliphatic rings. The van der Waals surface area contributed by atoms with Gasteiger partial charge in [0.15, 0.2) is 0 Å². The minimum Gasteiger partial charge on any atom is -0.345 e. The van der Waals surface area contributed by atoms with Gasteiger partial charge in [-0.15, -0.1) is 11.3 Å². The van der Waals surface area contributed by atoms with Crippen molar-refractivity contribution >= 4 is 17.2 Å². The SMILES string of the molecule is Cc1csc(CNC(=O)c2ccccc2C#CCN)n1. The van der Waals surface area contributed by atoms with E-state index in [4.69, 9.17) is 5.73 Å². The third-order valence-electron chi connectivity index (χ3n) is 2.56. The highest BCUT2D eigenvalue weighted by atomic mass is 32.1. The molecule has 0 unspecified atom stereocenters. The van der Waals surface area contributed by atoms with Crippen molar-refractivity contribution in [2.75, 3.05) is 6.54 Å². The summed E-state index contributed by atoms with van der Waals surface area (Å²) in [5.41, 5.74) is 7.57. The molecule has 0 fully saturated rings.